The second-order valence-corrected chi connectivity index (χ2v) is 5.07. The third kappa shape index (κ3) is 3.46. The minimum Gasteiger partial charge on any atom is -0.497 e. The summed E-state index contributed by atoms with van der Waals surface area (Å²) in [6.07, 6.45) is 0. The van der Waals surface area contributed by atoms with E-state index in [4.69, 9.17) is 16.3 Å². The number of aryl methyl sites for hydroxylation is 1. The first kappa shape index (κ1) is 16.0. The predicted molar refractivity (Wildman–Crippen MR) is 87.1 cm³/mol. The number of amides is 1. The van der Waals surface area contributed by atoms with Gasteiger partial charge in [0.05, 0.1) is 7.11 Å². The Morgan fingerprint density at radius 1 is 1.27 bits per heavy atom. The van der Waals surface area contributed by atoms with E-state index < -0.39 is 0 Å². The normalized spacial score (nSPS) is 10.2. The van der Waals surface area contributed by atoms with Gasteiger partial charge < -0.3 is 15.0 Å². The Hall–Kier alpha value is -2.34. The molecule has 1 N–H and O–H groups in total. The van der Waals surface area contributed by atoms with Gasteiger partial charge in [-0.2, -0.15) is 0 Å². The van der Waals surface area contributed by atoms with Crippen LogP contribution in [-0.4, -0.2) is 30.0 Å². The van der Waals surface area contributed by atoms with Crippen molar-refractivity contribution < 1.29 is 9.53 Å². The van der Waals surface area contributed by atoms with Gasteiger partial charge in [0.1, 0.15) is 16.6 Å². The lowest BCUT2D eigenvalue weighted by molar-refractivity contribution is -0.114. The molecule has 0 atom stereocenters. The SMILES string of the molecule is COc1ccc(N(C)c2nc(C)nc(NC(C)=O)c2Cl)cc1. The molecule has 0 spiro atoms. The maximum Gasteiger partial charge on any atom is 0.222 e. The first-order chi connectivity index (χ1) is 10.4. The molecule has 1 aromatic heterocycles. The highest BCUT2D eigenvalue weighted by Gasteiger charge is 2.16. The van der Waals surface area contributed by atoms with E-state index in [1.54, 1.807) is 14.0 Å². The number of nitrogens with one attached hydrogen (secondary N) is 1. The van der Waals surface area contributed by atoms with Crippen molar-refractivity contribution >= 4 is 34.8 Å². The molecule has 0 aliphatic carbocycles. The monoisotopic (exact) mass is 320 g/mol. The Balaban J connectivity index is 2.41. The van der Waals surface area contributed by atoms with Gasteiger partial charge in [0, 0.05) is 19.7 Å². The number of ether oxygens (including phenoxy) is 1. The van der Waals surface area contributed by atoms with Gasteiger partial charge in [-0.05, 0) is 31.2 Å². The molecule has 0 bridgehead atoms. The van der Waals surface area contributed by atoms with Crippen molar-refractivity contribution in [2.24, 2.45) is 0 Å². The molecule has 2 rings (SSSR count). The van der Waals surface area contributed by atoms with Crippen LogP contribution >= 0.6 is 11.6 Å². The zero-order chi connectivity index (χ0) is 16.3. The van der Waals surface area contributed by atoms with Crippen molar-refractivity contribution in [3.8, 4) is 5.75 Å². The lowest BCUT2D eigenvalue weighted by atomic mass is 10.2. The Bertz CT molecular complexity index is 689. The minimum atomic E-state index is -0.238. The van der Waals surface area contributed by atoms with Crippen LogP contribution in [0, 0.1) is 6.92 Å². The summed E-state index contributed by atoms with van der Waals surface area (Å²) in [6.45, 7) is 3.15. The number of carbonyl (C=O) groups is 1. The van der Waals surface area contributed by atoms with Crippen molar-refractivity contribution in [3.63, 3.8) is 0 Å². The Morgan fingerprint density at radius 3 is 2.45 bits per heavy atom. The summed E-state index contributed by atoms with van der Waals surface area (Å²) in [7, 11) is 3.45. The molecule has 0 unspecified atom stereocenters. The molecule has 1 amide bonds. The fourth-order valence-corrected chi connectivity index (χ4v) is 2.20. The van der Waals surface area contributed by atoms with E-state index in [-0.39, 0.29) is 5.91 Å². The fourth-order valence-electron chi connectivity index (χ4n) is 1.94. The number of methoxy groups -OCH3 is 1. The first-order valence-electron chi connectivity index (χ1n) is 6.62. The number of hydrogen-bond donors (Lipinski definition) is 1. The van der Waals surface area contributed by atoms with Crippen LogP contribution in [0.1, 0.15) is 12.7 Å². The highest BCUT2D eigenvalue weighted by Crippen LogP contribution is 2.33. The van der Waals surface area contributed by atoms with Gasteiger partial charge >= 0.3 is 0 Å². The van der Waals surface area contributed by atoms with Gasteiger partial charge in [-0.25, -0.2) is 9.97 Å². The summed E-state index contributed by atoms with van der Waals surface area (Å²) in [5.74, 6) is 1.86. The molecule has 1 heterocycles. The van der Waals surface area contributed by atoms with Gasteiger partial charge in [-0.1, -0.05) is 11.6 Å². The zero-order valence-corrected chi connectivity index (χ0v) is 13.6. The number of rotatable bonds is 4. The van der Waals surface area contributed by atoms with Crippen molar-refractivity contribution in [1.29, 1.82) is 0 Å². The van der Waals surface area contributed by atoms with Crippen LogP contribution in [0.2, 0.25) is 5.02 Å². The van der Waals surface area contributed by atoms with E-state index >= 15 is 0 Å². The molecule has 6 nitrogen and oxygen atoms in total. The average molecular weight is 321 g/mol. The van der Waals surface area contributed by atoms with Crippen LogP contribution in [0.3, 0.4) is 0 Å². The van der Waals surface area contributed by atoms with Crippen molar-refractivity contribution in [2.75, 3.05) is 24.4 Å². The third-order valence-corrected chi connectivity index (χ3v) is 3.37. The number of anilines is 3. The molecule has 0 fully saturated rings. The highest BCUT2D eigenvalue weighted by atomic mass is 35.5. The molecule has 1 aromatic carbocycles. The number of benzene rings is 1. The summed E-state index contributed by atoms with van der Waals surface area (Å²) >= 11 is 6.32. The van der Waals surface area contributed by atoms with Crippen LogP contribution in [0.4, 0.5) is 17.3 Å². The third-order valence-electron chi connectivity index (χ3n) is 3.02. The van der Waals surface area contributed by atoms with Crippen LogP contribution in [-0.2, 0) is 4.79 Å². The highest BCUT2D eigenvalue weighted by molar-refractivity contribution is 6.35. The van der Waals surface area contributed by atoms with Crippen LogP contribution in [0.5, 0.6) is 5.75 Å². The van der Waals surface area contributed by atoms with Crippen molar-refractivity contribution in [3.05, 3.63) is 35.1 Å². The van der Waals surface area contributed by atoms with E-state index in [9.17, 15) is 4.79 Å². The number of halogens is 1. The standard InChI is InChI=1S/C15H17ClN4O2/c1-9-17-14(19-10(2)21)13(16)15(18-9)20(3)11-5-7-12(22-4)8-6-11/h5-8H,1-4H3,(H,17,18,19,21). The van der Waals surface area contributed by atoms with Crippen LogP contribution in [0.25, 0.3) is 0 Å². The molecule has 116 valence electrons. The molecule has 22 heavy (non-hydrogen) atoms. The Labute approximate surface area is 134 Å². The van der Waals surface area contributed by atoms with Gasteiger partial charge in [0.15, 0.2) is 11.6 Å². The molecule has 0 saturated heterocycles. The first-order valence-corrected chi connectivity index (χ1v) is 6.99. The minimum absolute atomic E-state index is 0.238. The second kappa shape index (κ2) is 6.62. The van der Waals surface area contributed by atoms with E-state index in [1.807, 2.05) is 36.2 Å². The summed E-state index contributed by atoms with van der Waals surface area (Å²) in [5, 5.41) is 2.90. The molecule has 0 aliphatic heterocycles. The molecule has 2 aromatic rings. The van der Waals surface area contributed by atoms with E-state index in [1.165, 1.54) is 6.92 Å². The van der Waals surface area contributed by atoms with Gasteiger partial charge in [-0.15, -0.1) is 0 Å². The summed E-state index contributed by atoms with van der Waals surface area (Å²) < 4.78 is 5.14. The zero-order valence-electron chi connectivity index (χ0n) is 12.8. The molecule has 0 radical (unpaired) electrons. The maximum atomic E-state index is 11.2. The van der Waals surface area contributed by atoms with E-state index in [0.717, 1.165) is 11.4 Å². The predicted octanol–water partition coefficient (Wildman–Crippen LogP) is 3.17. The molecule has 7 heteroatoms. The lowest BCUT2D eigenvalue weighted by Gasteiger charge is -2.21. The summed E-state index contributed by atoms with van der Waals surface area (Å²) in [6, 6.07) is 7.49. The van der Waals surface area contributed by atoms with Crippen LogP contribution < -0.4 is 15.0 Å². The Kier molecular flexibility index (Phi) is 4.82. The van der Waals surface area contributed by atoms with Crippen molar-refractivity contribution in [2.45, 2.75) is 13.8 Å². The quantitative estimate of drug-likeness (QED) is 0.937. The fraction of sp³-hybridized carbons (Fsp3) is 0.267. The molecule has 0 aliphatic rings. The number of aromatic nitrogens is 2. The molecular weight excluding hydrogens is 304 g/mol. The lowest BCUT2D eigenvalue weighted by Crippen LogP contribution is -2.16. The second-order valence-electron chi connectivity index (χ2n) is 4.70. The largest absolute Gasteiger partial charge is 0.497 e. The average Bonchev–Trinajstić information content (AvgIpc) is 2.49. The smallest absolute Gasteiger partial charge is 0.222 e. The van der Waals surface area contributed by atoms with Gasteiger partial charge in [0.25, 0.3) is 0 Å². The van der Waals surface area contributed by atoms with Crippen LogP contribution in [0.15, 0.2) is 24.3 Å². The topological polar surface area (TPSA) is 67.3 Å². The van der Waals surface area contributed by atoms with E-state index in [2.05, 4.69) is 15.3 Å². The summed E-state index contributed by atoms with van der Waals surface area (Å²) in [5.41, 5.74) is 0.884. The molecular formula is C15H17ClN4O2. The number of hydrogen-bond acceptors (Lipinski definition) is 5. The number of carbonyl (C=O) groups excluding carboxylic acids is 1. The van der Waals surface area contributed by atoms with Gasteiger partial charge in [-0.3, -0.25) is 4.79 Å². The van der Waals surface area contributed by atoms with Crippen molar-refractivity contribution in [1.82, 2.24) is 9.97 Å². The maximum absolute atomic E-state index is 11.2. The van der Waals surface area contributed by atoms with E-state index in [0.29, 0.717) is 22.5 Å². The summed E-state index contributed by atoms with van der Waals surface area (Å²) in [4.78, 5) is 21.6. The molecule has 0 saturated carbocycles. The Morgan fingerprint density at radius 2 is 1.91 bits per heavy atom. The van der Waals surface area contributed by atoms with Gasteiger partial charge in [0.2, 0.25) is 5.91 Å². The number of nitrogens with zero attached hydrogens (tertiary/aromatic N) is 3.